The first-order valence-electron chi connectivity index (χ1n) is 10.4. The number of likely N-dealkylation sites (tertiary alicyclic amines) is 1. The number of carbonyl (C=O) groups is 2. The van der Waals surface area contributed by atoms with Crippen molar-refractivity contribution < 1.29 is 14.7 Å². The molecule has 5 rings (SSSR count). The summed E-state index contributed by atoms with van der Waals surface area (Å²) in [5.41, 5.74) is 2.72. The summed E-state index contributed by atoms with van der Waals surface area (Å²) in [6, 6.07) is 17.1. The molecule has 162 valence electrons. The van der Waals surface area contributed by atoms with E-state index in [2.05, 4.69) is 10.3 Å². The molecule has 0 aliphatic carbocycles. The van der Waals surface area contributed by atoms with Gasteiger partial charge in [-0.15, -0.1) is 0 Å². The summed E-state index contributed by atoms with van der Waals surface area (Å²) in [7, 11) is 0. The van der Waals surface area contributed by atoms with Crippen LogP contribution < -0.4 is 10.2 Å². The van der Waals surface area contributed by atoms with E-state index in [4.69, 9.17) is 11.6 Å². The Hall–Kier alpha value is -3.42. The van der Waals surface area contributed by atoms with Crippen LogP contribution in [-0.2, 0) is 0 Å². The molecule has 0 bridgehead atoms. The van der Waals surface area contributed by atoms with Crippen molar-refractivity contribution >= 4 is 34.9 Å². The lowest BCUT2D eigenvalue weighted by atomic mass is 9.72. The molecule has 8 heteroatoms. The highest BCUT2D eigenvalue weighted by molar-refractivity contribution is 6.33. The average molecular weight is 449 g/mol. The Labute approximate surface area is 190 Å². The number of para-hydroxylation sites is 2. The zero-order valence-electron chi connectivity index (χ0n) is 17.1. The molecule has 1 aromatic heterocycles. The summed E-state index contributed by atoms with van der Waals surface area (Å²) in [5.74, 6) is -0.242. The van der Waals surface area contributed by atoms with Crippen molar-refractivity contribution in [3.05, 3.63) is 89.2 Å². The number of fused-ring (bicyclic) bond motifs is 3. The highest BCUT2D eigenvalue weighted by atomic mass is 35.5. The molecule has 3 atom stereocenters. The quantitative estimate of drug-likeness (QED) is 0.639. The number of carbonyl (C=O) groups excluding carboxylic acids is 2. The monoisotopic (exact) mass is 448 g/mol. The number of aliphatic hydroxyl groups excluding tert-OH is 1. The van der Waals surface area contributed by atoms with Crippen molar-refractivity contribution in [3.8, 4) is 0 Å². The number of aromatic nitrogens is 1. The normalized spacial score (nSPS) is 21.2. The van der Waals surface area contributed by atoms with E-state index in [0.29, 0.717) is 22.8 Å². The third-order valence-corrected chi connectivity index (χ3v) is 6.52. The number of aliphatic hydroxyl groups is 1. The van der Waals surface area contributed by atoms with Gasteiger partial charge >= 0.3 is 6.03 Å². The van der Waals surface area contributed by atoms with Gasteiger partial charge in [0.15, 0.2) is 0 Å². The second kappa shape index (κ2) is 8.26. The van der Waals surface area contributed by atoms with Crippen molar-refractivity contribution in [1.82, 2.24) is 9.88 Å². The van der Waals surface area contributed by atoms with E-state index in [0.717, 1.165) is 11.3 Å². The molecule has 0 unspecified atom stereocenters. The number of anilines is 2. The highest BCUT2D eigenvalue weighted by Gasteiger charge is 2.55. The summed E-state index contributed by atoms with van der Waals surface area (Å²) >= 11 is 6.20. The number of nitrogens with one attached hydrogen (secondary N) is 1. The largest absolute Gasteiger partial charge is 0.394 e. The van der Waals surface area contributed by atoms with Gasteiger partial charge in [-0.25, -0.2) is 4.79 Å². The molecule has 1 saturated heterocycles. The van der Waals surface area contributed by atoms with E-state index >= 15 is 0 Å². The zero-order chi connectivity index (χ0) is 22.2. The van der Waals surface area contributed by atoms with Crippen LogP contribution in [0.2, 0.25) is 5.02 Å². The van der Waals surface area contributed by atoms with Crippen molar-refractivity contribution in [2.24, 2.45) is 0 Å². The van der Waals surface area contributed by atoms with Gasteiger partial charge in [0.2, 0.25) is 0 Å². The Kier molecular flexibility index (Phi) is 5.28. The fourth-order valence-corrected chi connectivity index (χ4v) is 4.93. The predicted molar refractivity (Wildman–Crippen MR) is 122 cm³/mol. The third-order valence-electron chi connectivity index (χ3n) is 6.19. The van der Waals surface area contributed by atoms with Crippen LogP contribution in [0.3, 0.4) is 0 Å². The van der Waals surface area contributed by atoms with Crippen molar-refractivity contribution in [2.45, 2.75) is 18.0 Å². The Morgan fingerprint density at radius 2 is 1.88 bits per heavy atom. The predicted octanol–water partition coefficient (Wildman–Crippen LogP) is 3.76. The van der Waals surface area contributed by atoms with Gasteiger partial charge in [-0.1, -0.05) is 41.9 Å². The Morgan fingerprint density at radius 1 is 1.09 bits per heavy atom. The average Bonchev–Trinajstić information content (AvgIpc) is 2.81. The fraction of sp³-hybridized carbons (Fsp3) is 0.208. The van der Waals surface area contributed by atoms with Gasteiger partial charge in [0.1, 0.15) is 0 Å². The smallest absolute Gasteiger partial charge is 0.322 e. The summed E-state index contributed by atoms with van der Waals surface area (Å²) in [5, 5.41) is 13.4. The van der Waals surface area contributed by atoms with Crippen LogP contribution in [0.15, 0.2) is 73.1 Å². The van der Waals surface area contributed by atoms with E-state index < -0.39 is 0 Å². The molecular weight excluding hydrogens is 428 g/mol. The molecule has 32 heavy (non-hydrogen) atoms. The maximum Gasteiger partial charge on any atom is 0.322 e. The first-order chi connectivity index (χ1) is 15.6. The molecule has 2 aliphatic heterocycles. The molecule has 0 spiro atoms. The van der Waals surface area contributed by atoms with Crippen molar-refractivity contribution in [2.75, 3.05) is 23.4 Å². The highest BCUT2D eigenvalue weighted by Crippen LogP contribution is 2.48. The number of rotatable bonds is 3. The fourth-order valence-electron chi connectivity index (χ4n) is 4.75. The minimum atomic E-state index is -0.390. The number of hydrogen-bond acceptors (Lipinski definition) is 4. The minimum absolute atomic E-state index is 0.0638. The number of pyridine rings is 1. The van der Waals surface area contributed by atoms with Crippen LogP contribution in [-0.4, -0.2) is 52.2 Å². The Balaban J connectivity index is 1.48. The Morgan fingerprint density at radius 3 is 2.62 bits per heavy atom. The maximum atomic E-state index is 13.3. The standard InChI is InChI=1S/C24H21ClN4O3/c25-17-8-2-3-9-18(17)27-24(32)29-20-13-28(23(31)15-6-5-11-26-12-15)19-10-4-1-7-16(19)22(20)21(29)14-30/h1-12,20-22,30H,13-14H2,(H,27,32)/t20-,21+,22+/m1/s1. The van der Waals surface area contributed by atoms with Crippen LogP contribution in [0, 0.1) is 0 Å². The van der Waals surface area contributed by atoms with E-state index in [1.54, 1.807) is 52.4 Å². The van der Waals surface area contributed by atoms with Crippen LogP contribution in [0.1, 0.15) is 21.8 Å². The lowest BCUT2D eigenvalue weighted by Crippen LogP contribution is -2.71. The molecule has 3 amide bonds. The number of amides is 3. The van der Waals surface area contributed by atoms with Gasteiger partial charge in [-0.3, -0.25) is 9.78 Å². The molecule has 2 aliphatic rings. The van der Waals surface area contributed by atoms with Crippen molar-refractivity contribution in [1.29, 1.82) is 0 Å². The molecule has 3 aromatic rings. The van der Waals surface area contributed by atoms with Crippen LogP contribution in [0.4, 0.5) is 16.2 Å². The molecule has 2 aromatic carbocycles. The number of hydrogen-bond donors (Lipinski definition) is 2. The van der Waals surface area contributed by atoms with Gasteiger partial charge in [0, 0.05) is 30.5 Å². The molecule has 3 heterocycles. The second-order valence-electron chi connectivity index (χ2n) is 7.88. The van der Waals surface area contributed by atoms with Crippen LogP contribution >= 0.6 is 11.6 Å². The zero-order valence-corrected chi connectivity index (χ0v) is 17.8. The van der Waals surface area contributed by atoms with Gasteiger partial charge in [0.25, 0.3) is 5.91 Å². The molecule has 2 N–H and O–H groups in total. The van der Waals surface area contributed by atoms with E-state index in [9.17, 15) is 14.7 Å². The van der Waals surface area contributed by atoms with E-state index in [1.807, 2.05) is 24.3 Å². The van der Waals surface area contributed by atoms with Crippen molar-refractivity contribution in [3.63, 3.8) is 0 Å². The number of urea groups is 1. The summed E-state index contributed by atoms with van der Waals surface area (Å²) < 4.78 is 0. The van der Waals surface area contributed by atoms with Gasteiger partial charge in [0.05, 0.1) is 35.0 Å². The van der Waals surface area contributed by atoms with Crippen LogP contribution in [0.25, 0.3) is 0 Å². The summed E-state index contributed by atoms with van der Waals surface area (Å²) in [4.78, 5) is 33.8. The molecule has 0 radical (unpaired) electrons. The van der Waals surface area contributed by atoms with Gasteiger partial charge in [-0.2, -0.15) is 0 Å². The second-order valence-corrected chi connectivity index (χ2v) is 8.28. The summed E-state index contributed by atoms with van der Waals surface area (Å²) in [6.45, 7) is 0.143. The third kappa shape index (κ3) is 3.30. The molecule has 0 saturated carbocycles. The van der Waals surface area contributed by atoms with Gasteiger partial charge in [-0.05, 0) is 35.9 Å². The lowest BCUT2D eigenvalue weighted by molar-refractivity contribution is -0.00265. The first-order valence-corrected chi connectivity index (χ1v) is 10.7. The Bertz CT molecular complexity index is 1170. The molecule has 7 nitrogen and oxygen atoms in total. The van der Waals surface area contributed by atoms with E-state index in [1.165, 1.54) is 6.20 Å². The van der Waals surface area contributed by atoms with Gasteiger partial charge < -0.3 is 20.2 Å². The van der Waals surface area contributed by atoms with E-state index in [-0.39, 0.29) is 36.5 Å². The van der Waals surface area contributed by atoms with Crippen LogP contribution in [0.5, 0.6) is 0 Å². The number of nitrogens with zero attached hydrogens (tertiary/aromatic N) is 3. The summed E-state index contributed by atoms with van der Waals surface area (Å²) in [6.07, 6.45) is 3.16. The lowest BCUT2D eigenvalue weighted by Gasteiger charge is -2.58. The minimum Gasteiger partial charge on any atom is -0.394 e. The maximum absolute atomic E-state index is 13.3. The number of halogens is 1. The topological polar surface area (TPSA) is 85.8 Å². The molecule has 1 fully saturated rings. The number of benzene rings is 2. The molecular formula is C24H21ClN4O3. The SMILES string of the molecule is O=C(c1cccnc1)N1C[C@@H]2[C@H](c3ccccc31)[C@H](CO)N2C(=O)Nc1ccccc1Cl. The first kappa shape index (κ1) is 20.5.